The highest BCUT2D eigenvalue weighted by Gasteiger charge is 2.25. The van der Waals surface area contributed by atoms with E-state index in [4.69, 9.17) is 32.7 Å². The quantitative estimate of drug-likeness (QED) is 0.145. The van der Waals surface area contributed by atoms with Crippen LogP contribution < -0.4 is 9.47 Å². The van der Waals surface area contributed by atoms with Gasteiger partial charge in [-0.25, -0.2) is 4.79 Å². The van der Waals surface area contributed by atoms with Crippen molar-refractivity contribution in [1.29, 1.82) is 0 Å². The van der Waals surface area contributed by atoms with Gasteiger partial charge in [-0.15, -0.1) is 0 Å². The van der Waals surface area contributed by atoms with E-state index in [1.165, 1.54) is 16.8 Å². The van der Waals surface area contributed by atoms with Gasteiger partial charge in [-0.3, -0.25) is 10.1 Å². The summed E-state index contributed by atoms with van der Waals surface area (Å²) < 4.78 is 12.7. The number of aromatic nitrogens is 2. The maximum absolute atomic E-state index is 12.8. The molecule has 0 aliphatic rings. The topological polar surface area (TPSA) is 96.5 Å². The largest absolute Gasteiger partial charge is 0.480 e. The normalized spacial score (nSPS) is 10.7. The Hall–Kier alpha value is -3.53. The van der Waals surface area contributed by atoms with Gasteiger partial charge in [-0.1, -0.05) is 65.3 Å². The third kappa shape index (κ3) is 5.76. The van der Waals surface area contributed by atoms with Gasteiger partial charge in [-0.05, 0) is 43.3 Å². The number of halogens is 2. The van der Waals surface area contributed by atoms with Gasteiger partial charge in [0.2, 0.25) is 5.88 Å². The van der Waals surface area contributed by atoms with Gasteiger partial charge in [0, 0.05) is 11.1 Å². The van der Waals surface area contributed by atoms with E-state index in [0.717, 1.165) is 11.8 Å². The number of hydrogen-bond donors (Lipinski definition) is 0. The number of hydrogen-bond acceptors (Lipinski definition) is 7. The summed E-state index contributed by atoms with van der Waals surface area (Å²) in [4.78, 5) is 24.6. The molecule has 0 aliphatic carbocycles. The Morgan fingerprint density at radius 1 is 1.09 bits per heavy atom. The van der Waals surface area contributed by atoms with E-state index >= 15 is 0 Å². The fourth-order valence-electron chi connectivity index (χ4n) is 3.11. The summed E-state index contributed by atoms with van der Waals surface area (Å²) in [6.45, 7) is 1.30. The van der Waals surface area contributed by atoms with Gasteiger partial charge in [0.05, 0.1) is 31.1 Å². The van der Waals surface area contributed by atoms with Crippen molar-refractivity contribution in [3.8, 4) is 17.3 Å². The van der Waals surface area contributed by atoms with Crippen LogP contribution in [-0.4, -0.2) is 27.3 Å². The van der Waals surface area contributed by atoms with Gasteiger partial charge >= 0.3 is 5.97 Å². The molecule has 0 unspecified atom stereocenters. The van der Waals surface area contributed by atoms with Crippen molar-refractivity contribution in [3.63, 3.8) is 0 Å². The minimum Gasteiger partial charge on any atom is -0.480 e. The van der Waals surface area contributed by atoms with E-state index in [2.05, 4.69) is 5.10 Å². The summed E-state index contributed by atoms with van der Waals surface area (Å²) in [5.74, 6) is -0.319. The number of carbonyl (C=O) groups is 1. The summed E-state index contributed by atoms with van der Waals surface area (Å²) in [5.41, 5.74) is 1.11. The molecule has 0 bridgehead atoms. The third-order valence-corrected chi connectivity index (χ3v) is 6.46. The first kappa shape index (κ1) is 24.6. The number of nitrogens with zero attached hydrogens (tertiary/aromatic N) is 3. The first-order valence-electron chi connectivity index (χ1n) is 10.2. The van der Waals surface area contributed by atoms with Crippen LogP contribution in [0.3, 0.4) is 0 Å². The average Bonchev–Trinajstić information content (AvgIpc) is 3.14. The van der Waals surface area contributed by atoms with Gasteiger partial charge < -0.3 is 9.47 Å². The highest BCUT2D eigenvalue weighted by atomic mass is 35.5. The number of nitro benzene ring substituents is 1. The molecule has 0 radical (unpaired) electrons. The molecule has 178 valence electrons. The molecule has 0 fully saturated rings. The first-order chi connectivity index (χ1) is 16.8. The van der Waals surface area contributed by atoms with Crippen LogP contribution in [0.15, 0.2) is 82.6 Å². The fourth-order valence-corrected chi connectivity index (χ4v) is 4.59. The lowest BCUT2D eigenvalue weighted by molar-refractivity contribution is -0.387. The van der Waals surface area contributed by atoms with Crippen molar-refractivity contribution < 1.29 is 19.2 Å². The minimum atomic E-state index is -0.711. The van der Waals surface area contributed by atoms with Gasteiger partial charge in [0.1, 0.15) is 5.75 Å². The Labute approximate surface area is 214 Å². The van der Waals surface area contributed by atoms with Crippen molar-refractivity contribution in [3.05, 3.63) is 98.6 Å². The molecule has 0 amide bonds. The maximum Gasteiger partial charge on any atom is 0.350 e. The van der Waals surface area contributed by atoms with Crippen molar-refractivity contribution >= 4 is 46.6 Å². The predicted octanol–water partition coefficient (Wildman–Crippen LogP) is 6.53. The number of rotatable bonds is 8. The molecule has 0 spiro atoms. The SMILES string of the molecule is Cc1nn(-c2ccccc2)c(OC(=O)COc2ccc(Cl)cc2Cl)c1Sc1ccccc1[N+](=O)[O-]. The molecule has 3 aromatic carbocycles. The van der Waals surface area contributed by atoms with Crippen LogP contribution in [0.2, 0.25) is 10.0 Å². The molecule has 8 nitrogen and oxygen atoms in total. The zero-order chi connectivity index (χ0) is 24.9. The summed E-state index contributed by atoms with van der Waals surface area (Å²) in [7, 11) is 0. The molecular weight excluding hydrogens is 513 g/mol. The van der Waals surface area contributed by atoms with Crippen LogP contribution in [0.25, 0.3) is 5.69 Å². The number of nitro groups is 1. The molecule has 0 atom stereocenters. The van der Waals surface area contributed by atoms with Gasteiger partial charge in [0.15, 0.2) is 6.61 Å². The standard InChI is InChI=1S/C24H17Cl2N3O5S/c1-15-23(35-21-10-6-5-9-19(21)29(31)32)24(28(27-15)17-7-3-2-4-8-17)34-22(30)14-33-20-12-11-16(25)13-18(20)26/h2-13H,14H2,1H3. The second-order valence-electron chi connectivity index (χ2n) is 7.13. The van der Waals surface area contributed by atoms with Crippen LogP contribution in [0, 0.1) is 17.0 Å². The number of esters is 1. The molecule has 1 heterocycles. The molecule has 4 aromatic rings. The zero-order valence-electron chi connectivity index (χ0n) is 18.2. The van der Waals surface area contributed by atoms with Gasteiger partial charge in [0.25, 0.3) is 5.69 Å². The Morgan fingerprint density at radius 3 is 2.51 bits per heavy atom. The number of benzene rings is 3. The second kappa shape index (κ2) is 10.8. The van der Waals surface area contributed by atoms with E-state index in [9.17, 15) is 14.9 Å². The summed E-state index contributed by atoms with van der Waals surface area (Å²) in [5, 5.41) is 16.7. The van der Waals surface area contributed by atoms with Crippen LogP contribution in [-0.2, 0) is 4.79 Å². The smallest absolute Gasteiger partial charge is 0.350 e. The average molecular weight is 530 g/mol. The summed E-state index contributed by atoms with van der Waals surface area (Å²) in [6.07, 6.45) is 0. The molecule has 11 heteroatoms. The number of aryl methyl sites for hydroxylation is 1. The summed E-state index contributed by atoms with van der Waals surface area (Å²) in [6, 6.07) is 20.0. The van der Waals surface area contributed by atoms with Crippen LogP contribution in [0.5, 0.6) is 11.6 Å². The minimum absolute atomic E-state index is 0.0673. The molecule has 35 heavy (non-hydrogen) atoms. The molecule has 0 saturated carbocycles. The lowest BCUT2D eigenvalue weighted by Crippen LogP contribution is -2.19. The van der Waals surface area contributed by atoms with Crippen molar-refractivity contribution in [2.75, 3.05) is 6.61 Å². The van der Waals surface area contributed by atoms with Crippen LogP contribution >= 0.6 is 35.0 Å². The maximum atomic E-state index is 12.8. The monoisotopic (exact) mass is 529 g/mol. The molecule has 0 saturated heterocycles. The second-order valence-corrected chi connectivity index (χ2v) is 9.03. The van der Waals surface area contributed by atoms with E-state index in [0.29, 0.717) is 26.2 Å². The van der Waals surface area contributed by atoms with Gasteiger partial charge in [-0.2, -0.15) is 9.78 Å². The lowest BCUT2D eigenvalue weighted by Gasteiger charge is -2.11. The molecule has 1 aromatic heterocycles. The zero-order valence-corrected chi connectivity index (χ0v) is 20.5. The summed E-state index contributed by atoms with van der Waals surface area (Å²) >= 11 is 13.1. The Bertz CT molecular complexity index is 1400. The fraction of sp³-hybridized carbons (Fsp3) is 0.0833. The Balaban J connectivity index is 1.66. The molecule has 0 N–H and O–H groups in total. The first-order valence-corrected chi connectivity index (χ1v) is 11.8. The van der Waals surface area contributed by atoms with Crippen molar-refractivity contribution in [2.45, 2.75) is 16.7 Å². The highest BCUT2D eigenvalue weighted by molar-refractivity contribution is 7.99. The van der Waals surface area contributed by atoms with E-state index in [-0.39, 0.29) is 22.3 Å². The van der Waals surface area contributed by atoms with Crippen molar-refractivity contribution in [1.82, 2.24) is 9.78 Å². The lowest BCUT2D eigenvalue weighted by atomic mass is 10.3. The predicted molar refractivity (Wildman–Crippen MR) is 133 cm³/mol. The number of ether oxygens (including phenoxy) is 2. The van der Waals surface area contributed by atoms with E-state index < -0.39 is 17.5 Å². The van der Waals surface area contributed by atoms with E-state index in [1.54, 1.807) is 49.4 Å². The van der Waals surface area contributed by atoms with Crippen LogP contribution in [0.4, 0.5) is 5.69 Å². The van der Waals surface area contributed by atoms with E-state index in [1.807, 2.05) is 18.2 Å². The number of para-hydroxylation sites is 2. The molecule has 4 rings (SSSR count). The Kier molecular flexibility index (Phi) is 7.60. The van der Waals surface area contributed by atoms with Crippen molar-refractivity contribution in [2.24, 2.45) is 0 Å². The number of carbonyl (C=O) groups excluding carboxylic acids is 1. The third-order valence-electron chi connectivity index (χ3n) is 4.69. The molecular formula is C24H17Cl2N3O5S. The molecule has 0 aliphatic heterocycles. The van der Waals surface area contributed by atoms with Crippen LogP contribution in [0.1, 0.15) is 5.69 Å². The highest BCUT2D eigenvalue weighted by Crippen LogP contribution is 2.42. The Morgan fingerprint density at radius 2 is 1.80 bits per heavy atom.